The molecule has 0 radical (unpaired) electrons. The second kappa shape index (κ2) is 18.1. The highest BCUT2D eigenvalue weighted by Gasteiger charge is 2.34. The van der Waals surface area contributed by atoms with Gasteiger partial charge in [-0.2, -0.15) is 5.26 Å². The summed E-state index contributed by atoms with van der Waals surface area (Å²) in [5.41, 5.74) is 15.8. The van der Waals surface area contributed by atoms with Crippen molar-refractivity contribution in [3.05, 3.63) is 272 Å². The van der Waals surface area contributed by atoms with Gasteiger partial charge in [0.25, 0.3) is 0 Å². The number of nitrogens with zero attached hydrogens (tertiary/aromatic N) is 4. The number of para-hydroxylation sites is 1. The van der Waals surface area contributed by atoms with Gasteiger partial charge in [0.1, 0.15) is 6.07 Å². The first-order chi connectivity index (χ1) is 39.7. The molecule has 0 aliphatic carbocycles. The molecule has 0 atom stereocenters. The fourth-order valence-corrected chi connectivity index (χ4v) is 15.2. The van der Waals surface area contributed by atoms with E-state index in [-0.39, 0.29) is 0 Å². The molecule has 4 heterocycles. The Labute approximate surface area is 468 Å². The van der Waals surface area contributed by atoms with Crippen LogP contribution in [0.2, 0.25) is 0 Å². The van der Waals surface area contributed by atoms with Crippen LogP contribution >= 0.6 is 22.7 Å². The van der Waals surface area contributed by atoms with Crippen LogP contribution in [0.1, 0.15) is 5.56 Å². The normalized spacial score (nSPS) is 11.7. The van der Waals surface area contributed by atoms with E-state index in [1.54, 1.807) is 22.7 Å². The number of rotatable bonds is 7. The predicted octanol–water partition coefficient (Wildman–Crippen LogP) is 21.4. The Morgan fingerprint density at radius 1 is 0.362 bits per heavy atom. The summed E-state index contributed by atoms with van der Waals surface area (Å²) in [4.78, 5) is 4.68. The maximum absolute atomic E-state index is 12.6. The molecule has 0 spiro atoms. The van der Waals surface area contributed by atoms with Gasteiger partial charge in [-0.15, -0.1) is 22.7 Å². The van der Waals surface area contributed by atoms with Gasteiger partial charge in [0, 0.05) is 63.6 Å². The van der Waals surface area contributed by atoms with E-state index in [9.17, 15) is 11.8 Å². The Balaban J connectivity index is 1.24. The molecule has 12 aromatic carbocycles. The fraction of sp³-hybridized carbons (Fsp3) is 0. The van der Waals surface area contributed by atoms with Crippen molar-refractivity contribution in [1.82, 2.24) is 9.13 Å². The van der Waals surface area contributed by atoms with Crippen molar-refractivity contribution in [3.8, 4) is 73.1 Å². The second-order valence-corrected chi connectivity index (χ2v) is 22.5. The SMILES string of the molecule is [C-]#[N+]c1c(-c2ccccc2)c(C#N)c(-n2c3c4sc5ccccc5c4cc(-c4ccccc4)c3c3c(-c4ccccc4)cc4c5ccccc5sc4c32)c(-c2ccccc2)c1-n1c2ccccc2c2ccc(-c3ccccc3)cc21. The number of thiophene rings is 2. The lowest BCUT2D eigenvalue weighted by molar-refractivity contribution is 1.14. The minimum absolute atomic E-state index is 0.401. The quantitative estimate of drug-likeness (QED) is 0.147. The molecule has 0 fully saturated rings. The van der Waals surface area contributed by atoms with Crippen LogP contribution in [0.5, 0.6) is 0 Å². The fourth-order valence-electron chi connectivity index (χ4n) is 12.8. The lowest BCUT2D eigenvalue weighted by atomic mass is 9.88. The first kappa shape index (κ1) is 45.8. The third-order valence-electron chi connectivity index (χ3n) is 16.2. The summed E-state index contributed by atoms with van der Waals surface area (Å²) in [5, 5.41) is 21.6. The Morgan fingerprint density at radius 2 is 0.800 bits per heavy atom. The van der Waals surface area contributed by atoms with E-state index in [0.29, 0.717) is 22.5 Å². The first-order valence-corrected chi connectivity index (χ1v) is 28.4. The van der Waals surface area contributed by atoms with E-state index in [0.717, 1.165) is 120 Å². The molecule has 0 saturated heterocycles. The van der Waals surface area contributed by atoms with E-state index in [1.807, 2.05) is 18.2 Å². The molecule has 80 heavy (non-hydrogen) atoms. The lowest BCUT2D eigenvalue weighted by Crippen LogP contribution is -2.09. The summed E-state index contributed by atoms with van der Waals surface area (Å²) in [6, 6.07) is 93.4. The third-order valence-corrected chi connectivity index (χ3v) is 18.5. The minimum atomic E-state index is 0.401. The van der Waals surface area contributed by atoms with Crippen molar-refractivity contribution in [3.63, 3.8) is 0 Å². The Kier molecular flexibility index (Phi) is 10.4. The summed E-state index contributed by atoms with van der Waals surface area (Å²) in [6.07, 6.45) is 0. The Hall–Kier alpha value is -10.3. The third kappa shape index (κ3) is 6.71. The highest BCUT2D eigenvalue weighted by Crippen LogP contribution is 2.57. The molecule has 0 amide bonds. The largest absolute Gasteiger partial charge is 0.318 e. The molecular weight excluding hydrogens is 1010 g/mol. The van der Waals surface area contributed by atoms with Crippen molar-refractivity contribution in [1.29, 1.82) is 5.26 Å². The van der Waals surface area contributed by atoms with E-state index in [2.05, 4.69) is 257 Å². The molecular formula is C74H42N4S2. The predicted molar refractivity (Wildman–Crippen MR) is 339 cm³/mol. The Morgan fingerprint density at radius 3 is 1.31 bits per heavy atom. The molecule has 370 valence electrons. The monoisotopic (exact) mass is 1050 g/mol. The van der Waals surface area contributed by atoms with Gasteiger partial charge in [-0.3, -0.25) is 0 Å². The maximum atomic E-state index is 12.6. The number of hydrogen-bond acceptors (Lipinski definition) is 3. The molecule has 0 aliphatic rings. The molecule has 16 rings (SSSR count). The van der Waals surface area contributed by atoms with Crippen molar-refractivity contribution < 1.29 is 0 Å². The van der Waals surface area contributed by atoms with Gasteiger partial charge in [-0.05, 0) is 80.9 Å². The zero-order valence-electron chi connectivity index (χ0n) is 42.9. The summed E-state index contributed by atoms with van der Waals surface area (Å²) in [6.45, 7) is 9.59. The minimum Gasteiger partial charge on any atom is -0.318 e. The average molecular weight is 1050 g/mol. The lowest BCUT2D eigenvalue weighted by Gasteiger charge is -2.26. The van der Waals surface area contributed by atoms with E-state index < -0.39 is 0 Å². The summed E-state index contributed by atoms with van der Waals surface area (Å²) >= 11 is 3.61. The topological polar surface area (TPSA) is 38.0 Å². The van der Waals surface area contributed by atoms with Gasteiger partial charge < -0.3 is 9.13 Å². The van der Waals surface area contributed by atoms with E-state index >= 15 is 0 Å². The van der Waals surface area contributed by atoms with Crippen LogP contribution < -0.4 is 0 Å². The van der Waals surface area contributed by atoms with Crippen LogP contribution in [-0.2, 0) is 0 Å². The van der Waals surface area contributed by atoms with Crippen LogP contribution in [0, 0.1) is 17.9 Å². The standard InChI is InChI=1S/C74H42N4S2/c1-76-68-64(48-29-13-5-14-30-48)59(44-75)69(65(49-31-15-6-16-32-49)70(68)77-60-36-20-17-33-51(60)52-40-39-50(41-61(52)77)45-23-7-2-8-24-45)78-71-66(55(46-25-9-3-10-26-46)42-57-53-34-18-21-37-62(53)79-73(57)71)67-56(47-27-11-4-12-28-47)43-58-54-35-19-22-38-63(54)80-74(58)72(67)78/h2-43H. The van der Waals surface area contributed by atoms with Crippen molar-refractivity contribution in [2.45, 2.75) is 0 Å². The summed E-state index contributed by atoms with van der Waals surface area (Å²) in [5.74, 6) is 0. The van der Waals surface area contributed by atoms with Crippen LogP contribution in [0.25, 0.3) is 156 Å². The van der Waals surface area contributed by atoms with Crippen LogP contribution in [0.3, 0.4) is 0 Å². The van der Waals surface area contributed by atoms with Gasteiger partial charge in [0.05, 0.1) is 55.0 Å². The van der Waals surface area contributed by atoms with Gasteiger partial charge in [0.15, 0.2) is 0 Å². The van der Waals surface area contributed by atoms with Gasteiger partial charge in [0.2, 0.25) is 5.69 Å². The summed E-state index contributed by atoms with van der Waals surface area (Å²) in [7, 11) is 0. The maximum Gasteiger partial charge on any atom is 0.220 e. The Bertz CT molecular complexity index is 5120. The number of aromatic nitrogens is 2. The van der Waals surface area contributed by atoms with E-state index in [1.165, 1.54) is 20.2 Å². The van der Waals surface area contributed by atoms with E-state index in [4.69, 9.17) is 0 Å². The average Bonchev–Trinajstić information content (AvgIpc) is 4.47. The highest BCUT2D eigenvalue weighted by atomic mass is 32.1. The van der Waals surface area contributed by atoms with Crippen molar-refractivity contribution in [2.75, 3.05) is 0 Å². The number of nitriles is 1. The molecule has 6 heteroatoms. The molecule has 4 aromatic heterocycles. The zero-order chi connectivity index (χ0) is 53.0. The highest BCUT2D eigenvalue weighted by molar-refractivity contribution is 7.27. The van der Waals surface area contributed by atoms with Crippen LogP contribution in [0.15, 0.2) is 255 Å². The van der Waals surface area contributed by atoms with Gasteiger partial charge in [-0.25, -0.2) is 4.85 Å². The van der Waals surface area contributed by atoms with Crippen LogP contribution in [0.4, 0.5) is 5.69 Å². The van der Waals surface area contributed by atoms with Crippen molar-refractivity contribution in [2.24, 2.45) is 0 Å². The van der Waals surface area contributed by atoms with Crippen LogP contribution in [-0.4, -0.2) is 9.13 Å². The van der Waals surface area contributed by atoms with Gasteiger partial charge >= 0.3 is 0 Å². The molecule has 0 bridgehead atoms. The number of benzene rings is 12. The number of hydrogen-bond donors (Lipinski definition) is 0. The summed E-state index contributed by atoms with van der Waals surface area (Å²) < 4.78 is 9.45. The zero-order valence-corrected chi connectivity index (χ0v) is 44.5. The smallest absolute Gasteiger partial charge is 0.220 e. The molecule has 16 aromatic rings. The molecule has 0 unspecified atom stereocenters. The molecule has 4 nitrogen and oxygen atoms in total. The van der Waals surface area contributed by atoms with Gasteiger partial charge in [-0.1, -0.05) is 218 Å². The molecule has 0 N–H and O–H groups in total. The van der Waals surface area contributed by atoms with Crippen molar-refractivity contribution >= 4 is 112 Å². The second-order valence-electron chi connectivity index (χ2n) is 20.4. The first-order valence-electron chi connectivity index (χ1n) is 26.8. The molecule has 0 saturated carbocycles. The molecule has 0 aliphatic heterocycles. The number of fused-ring (bicyclic) bond motifs is 14.